The SMILES string of the molecule is CCOC(=O)c1sc(NC(=O)Cc2cnn(-c3ccccc3)c2)nc1C. The predicted molar refractivity (Wildman–Crippen MR) is 98.7 cm³/mol. The molecule has 134 valence electrons. The fourth-order valence-corrected chi connectivity index (χ4v) is 3.23. The maximum atomic E-state index is 12.2. The monoisotopic (exact) mass is 370 g/mol. The summed E-state index contributed by atoms with van der Waals surface area (Å²) in [5.74, 6) is -0.645. The Morgan fingerprint density at radius 2 is 2.04 bits per heavy atom. The molecule has 0 saturated carbocycles. The van der Waals surface area contributed by atoms with Gasteiger partial charge < -0.3 is 10.1 Å². The van der Waals surface area contributed by atoms with Gasteiger partial charge in [0.2, 0.25) is 5.91 Å². The summed E-state index contributed by atoms with van der Waals surface area (Å²) in [6.45, 7) is 3.75. The first-order chi connectivity index (χ1) is 12.6. The van der Waals surface area contributed by atoms with Crippen molar-refractivity contribution in [3.05, 3.63) is 58.9 Å². The largest absolute Gasteiger partial charge is 0.462 e. The van der Waals surface area contributed by atoms with Crippen LogP contribution in [0.15, 0.2) is 42.7 Å². The second kappa shape index (κ2) is 7.92. The molecule has 3 aromatic rings. The van der Waals surface area contributed by atoms with E-state index in [4.69, 9.17) is 4.74 Å². The molecule has 1 amide bonds. The highest BCUT2D eigenvalue weighted by molar-refractivity contribution is 7.17. The summed E-state index contributed by atoms with van der Waals surface area (Å²) in [5.41, 5.74) is 2.25. The number of nitrogens with one attached hydrogen (secondary N) is 1. The number of thiazole rings is 1. The smallest absolute Gasteiger partial charge is 0.350 e. The molecular formula is C18H18N4O3S. The zero-order valence-corrected chi connectivity index (χ0v) is 15.2. The second-order valence-corrected chi connectivity index (χ2v) is 6.51. The summed E-state index contributed by atoms with van der Waals surface area (Å²) in [6, 6.07) is 9.66. The summed E-state index contributed by atoms with van der Waals surface area (Å²) in [6.07, 6.45) is 3.63. The standard InChI is InChI=1S/C18H18N4O3S/c1-3-25-17(24)16-12(2)20-18(26-16)21-15(23)9-13-10-19-22(11-13)14-7-5-4-6-8-14/h4-8,10-11H,3,9H2,1-2H3,(H,20,21,23). The van der Waals surface area contributed by atoms with Crippen LogP contribution < -0.4 is 5.32 Å². The summed E-state index contributed by atoms with van der Waals surface area (Å²) in [5, 5.41) is 7.37. The maximum absolute atomic E-state index is 12.2. The molecule has 3 rings (SSSR count). The van der Waals surface area contributed by atoms with Crippen molar-refractivity contribution in [2.75, 3.05) is 11.9 Å². The summed E-state index contributed by atoms with van der Waals surface area (Å²) in [4.78, 5) is 28.7. The van der Waals surface area contributed by atoms with Gasteiger partial charge in [0.1, 0.15) is 4.88 Å². The number of carbonyl (C=O) groups excluding carboxylic acids is 2. The molecule has 0 aliphatic rings. The van der Waals surface area contributed by atoms with Crippen LogP contribution in [0.2, 0.25) is 0 Å². The van der Waals surface area contributed by atoms with Gasteiger partial charge in [-0.3, -0.25) is 4.79 Å². The van der Waals surface area contributed by atoms with Crippen LogP contribution in [0, 0.1) is 6.92 Å². The number of amides is 1. The first kappa shape index (κ1) is 17.8. The number of para-hydroxylation sites is 1. The number of rotatable bonds is 6. The van der Waals surface area contributed by atoms with Crippen LogP contribution in [-0.4, -0.2) is 33.2 Å². The Morgan fingerprint density at radius 1 is 1.27 bits per heavy atom. The normalized spacial score (nSPS) is 10.5. The summed E-state index contributed by atoms with van der Waals surface area (Å²) >= 11 is 1.11. The topological polar surface area (TPSA) is 86.1 Å². The molecule has 0 unspecified atom stereocenters. The Bertz CT molecular complexity index is 918. The van der Waals surface area contributed by atoms with Gasteiger partial charge in [0.05, 0.1) is 30.6 Å². The molecule has 7 nitrogen and oxygen atoms in total. The van der Waals surface area contributed by atoms with Crippen LogP contribution in [0.4, 0.5) is 5.13 Å². The van der Waals surface area contributed by atoms with Gasteiger partial charge >= 0.3 is 5.97 Å². The molecule has 0 saturated heterocycles. The number of hydrogen-bond donors (Lipinski definition) is 1. The highest BCUT2D eigenvalue weighted by Gasteiger charge is 2.17. The number of aryl methyl sites for hydroxylation is 1. The minimum atomic E-state index is -0.424. The van der Waals surface area contributed by atoms with Crippen molar-refractivity contribution in [1.82, 2.24) is 14.8 Å². The first-order valence-corrected chi connectivity index (χ1v) is 8.92. The van der Waals surface area contributed by atoms with E-state index in [-0.39, 0.29) is 12.3 Å². The Hall–Kier alpha value is -3.00. The highest BCUT2D eigenvalue weighted by Crippen LogP contribution is 2.23. The van der Waals surface area contributed by atoms with Gasteiger partial charge in [0.15, 0.2) is 5.13 Å². The Balaban J connectivity index is 1.64. The van der Waals surface area contributed by atoms with Gasteiger partial charge in [-0.25, -0.2) is 14.5 Å². The van der Waals surface area contributed by atoms with E-state index in [0.29, 0.717) is 22.3 Å². The Labute approximate surface area is 154 Å². The number of ether oxygens (including phenoxy) is 1. The Kier molecular flexibility index (Phi) is 5.43. The van der Waals surface area contributed by atoms with Crippen LogP contribution in [0.3, 0.4) is 0 Å². The number of benzene rings is 1. The molecule has 8 heteroatoms. The van der Waals surface area contributed by atoms with E-state index in [1.807, 2.05) is 36.5 Å². The number of anilines is 1. The summed E-state index contributed by atoms with van der Waals surface area (Å²) < 4.78 is 6.69. The number of hydrogen-bond acceptors (Lipinski definition) is 6. The van der Waals surface area contributed by atoms with Gasteiger partial charge in [-0.15, -0.1) is 0 Å². The lowest BCUT2D eigenvalue weighted by Gasteiger charge is -2.00. The quantitative estimate of drug-likeness (QED) is 0.674. The Morgan fingerprint density at radius 3 is 2.77 bits per heavy atom. The average molecular weight is 370 g/mol. The molecule has 0 aliphatic carbocycles. The minimum Gasteiger partial charge on any atom is -0.462 e. The number of carbonyl (C=O) groups is 2. The van der Waals surface area contributed by atoms with Crippen LogP contribution >= 0.6 is 11.3 Å². The van der Waals surface area contributed by atoms with E-state index in [0.717, 1.165) is 22.6 Å². The van der Waals surface area contributed by atoms with E-state index in [9.17, 15) is 9.59 Å². The molecular weight excluding hydrogens is 352 g/mol. The highest BCUT2D eigenvalue weighted by atomic mass is 32.1. The predicted octanol–water partition coefficient (Wildman–Crippen LogP) is 3.00. The van der Waals surface area contributed by atoms with Crippen molar-refractivity contribution in [1.29, 1.82) is 0 Å². The number of esters is 1. The number of aromatic nitrogens is 3. The van der Waals surface area contributed by atoms with Crippen LogP contribution in [0.5, 0.6) is 0 Å². The van der Waals surface area contributed by atoms with Gasteiger partial charge in [-0.05, 0) is 31.5 Å². The van der Waals surface area contributed by atoms with Crippen molar-refractivity contribution in [2.24, 2.45) is 0 Å². The number of nitrogens with zero attached hydrogens (tertiary/aromatic N) is 3. The molecule has 2 aromatic heterocycles. The third kappa shape index (κ3) is 4.15. The van der Waals surface area contributed by atoms with Crippen LogP contribution in [0.25, 0.3) is 5.69 Å². The van der Waals surface area contributed by atoms with Crippen molar-refractivity contribution >= 4 is 28.3 Å². The van der Waals surface area contributed by atoms with Crippen molar-refractivity contribution in [2.45, 2.75) is 20.3 Å². The molecule has 0 aliphatic heterocycles. The zero-order chi connectivity index (χ0) is 18.5. The maximum Gasteiger partial charge on any atom is 0.350 e. The fourth-order valence-electron chi connectivity index (χ4n) is 2.36. The van der Waals surface area contributed by atoms with Gasteiger partial charge in [0.25, 0.3) is 0 Å². The zero-order valence-electron chi connectivity index (χ0n) is 14.4. The van der Waals surface area contributed by atoms with Gasteiger partial charge in [-0.1, -0.05) is 29.5 Å². The first-order valence-electron chi connectivity index (χ1n) is 8.10. The van der Waals surface area contributed by atoms with E-state index in [2.05, 4.69) is 15.4 Å². The van der Waals surface area contributed by atoms with Crippen LogP contribution in [0.1, 0.15) is 27.9 Å². The molecule has 0 radical (unpaired) electrons. The van der Waals surface area contributed by atoms with E-state index < -0.39 is 5.97 Å². The molecule has 1 N–H and O–H groups in total. The van der Waals surface area contributed by atoms with Gasteiger partial charge in [-0.2, -0.15) is 5.10 Å². The molecule has 0 bridgehead atoms. The van der Waals surface area contributed by atoms with Crippen molar-refractivity contribution < 1.29 is 14.3 Å². The third-order valence-electron chi connectivity index (χ3n) is 3.53. The third-order valence-corrected chi connectivity index (χ3v) is 4.58. The van der Waals surface area contributed by atoms with Gasteiger partial charge in [0, 0.05) is 6.20 Å². The van der Waals surface area contributed by atoms with E-state index in [1.54, 1.807) is 24.7 Å². The second-order valence-electron chi connectivity index (χ2n) is 5.51. The summed E-state index contributed by atoms with van der Waals surface area (Å²) in [7, 11) is 0. The molecule has 0 atom stereocenters. The lowest BCUT2D eigenvalue weighted by Crippen LogP contribution is -2.13. The molecule has 2 heterocycles. The molecule has 0 spiro atoms. The van der Waals surface area contributed by atoms with Crippen molar-refractivity contribution in [3.63, 3.8) is 0 Å². The molecule has 1 aromatic carbocycles. The lowest BCUT2D eigenvalue weighted by atomic mass is 10.2. The van der Waals surface area contributed by atoms with Crippen molar-refractivity contribution in [3.8, 4) is 5.69 Å². The van der Waals surface area contributed by atoms with E-state index >= 15 is 0 Å². The van der Waals surface area contributed by atoms with E-state index in [1.165, 1.54) is 0 Å². The molecule has 26 heavy (non-hydrogen) atoms. The lowest BCUT2D eigenvalue weighted by molar-refractivity contribution is -0.115. The van der Waals surface area contributed by atoms with Crippen LogP contribution in [-0.2, 0) is 16.0 Å². The molecule has 0 fully saturated rings. The minimum absolute atomic E-state index is 0.167. The average Bonchev–Trinajstić information content (AvgIpc) is 3.22. The fraction of sp³-hybridized carbons (Fsp3) is 0.222.